The maximum absolute atomic E-state index is 13.9. The summed E-state index contributed by atoms with van der Waals surface area (Å²) in [4.78, 5) is 13.2. The lowest BCUT2D eigenvalue weighted by Crippen LogP contribution is -2.36. The number of benzene rings is 1. The lowest BCUT2D eigenvalue weighted by atomic mass is 9.97. The van der Waals surface area contributed by atoms with Crippen molar-refractivity contribution in [1.29, 1.82) is 0 Å². The van der Waals surface area contributed by atoms with Gasteiger partial charge in [0.1, 0.15) is 41.3 Å². The molecule has 1 N–H and O–H groups in total. The Morgan fingerprint density at radius 1 is 1.17 bits per heavy atom. The van der Waals surface area contributed by atoms with Gasteiger partial charge in [-0.15, -0.1) is 0 Å². The molecule has 200 valence electrons. The molecular formula is C25H31F3O8. The van der Waals surface area contributed by atoms with Gasteiger partial charge in [-0.3, -0.25) is 0 Å². The zero-order chi connectivity index (χ0) is 26.7. The van der Waals surface area contributed by atoms with Gasteiger partial charge in [-0.1, -0.05) is 24.3 Å². The molecular weight excluding hydrogens is 485 g/mol. The number of fused-ring (bicyclic) bond motifs is 2. The van der Waals surface area contributed by atoms with Crippen LogP contribution in [0.2, 0.25) is 0 Å². The first-order chi connectivity index (χ1) is 16.9. The lowest BCUT2D eigenvalue weighted by molar-refractivity contribution is -0.182. The van der Waals surface area contributed by atoms with Crippen LogP contribution in [0.4, 0.5) is 13.2 Å². The highest BCUT2D eigenvalue weighted by Crippen LogP contribution is 2.37. The molecule has 0 amide bonds. The van der Waals surface area contributed by atoms with Gasteiger partial charge in [0, 0.05) is 13.2 Å². The van der Waals surface area contributed by atoms with E-state index < -0.39 is 48.3 Å². The van der Waals surface area contributed by atoms with Crippen LogP contribution in [0, 0.1) is 5.92 Å². The van der Waals surface area contributed by atoms with Gasteiger partial charge >= 0.3 is 12.1 Å². The first-order valence-corrected chi connectivity index (χ1v) is 11.4. The van der Waals surface area contributed by atoms with Crippen molar-refractivity contribution >= 4 is 12.0 Å². The molecule has 11 heteroatoms. The first-order valence-electron chi connectivity index (χ1n) is 11.4. The molecule has 8 nitrogen and oxygen atoms in total. The van der Waals surface area contributed by atoms with E-state index in [1.165, 1.54) is 26.4 Å². The van der Waals surface area contributed by atoms with Crippen LogP contribution in [0.15, 0.2) is 30.4 Å². The minimum Gasteiger partial charge on any atom is -0.497 e. The summed E-state index contributed by atoms with van der Waals surface area (Å²) in [6, 6.07) is 2.96. The highest BCUT2D eigenvalue weighted by Gasteiger charge is 2.46. The van der Waals surface area contributed by atoms with Crippen molar-refractivity contribution < 1.29 is 51.5 Å². The third-order valence-corrected chi connectivity index (χ3v) is 5.79. The average molecular weight is 517 g/mol. The Hall–Kier alpha value is -2.60. The Bertz CT molecular complexity index is 988. The summed E-state index contributed by atoms with van der Waals surface area (Å²) in [7, 11) is 2.81. The summed E-state index contributed by atoms with van der Waals surface area (Å²) in [5, 5.41) is 10.7. The van der Waals surface area contributed by atoms with Crippen molar-refractivity contribution in [2.75, 3.05) is 21.0 Å². The van der Waals surface area contributed by atoms with E-state index in [9.17, 15) is 23.1 Å². The van der Waals surface area contributed by atoms with E-state index in [0.717, 1.165) is 19.1 Å². The molecule has 5 unspecified atom stereocenters. The molecule has 2 heterocycles. The zero-order valence-electron chi connectivity index (χ0n) is 20.7. The van der Waals surface area contributed by atoms with E-state index in [2.05, 4.69) is 0 Å². The predicted molar refractivity (Wildman–Crippen MR) is 123 cm³/mol. The van der Waals surface area contributed by atoms with E-state index in [1.807, 2.05) is 0 Å². The third-order valence-electron chi connectivity index (χ3n) is 5.79. The topological polar surface area (TPSA) is 92.7 Å². The first kappa shape index (κ1) is 28.0. The fraction of sp³-hybridized carbons (Fsp3) is 0.560. The highest BCUT2D eigenvalue weighted by molar-refractivity contribution is 5.97. The number of halogens is 3. The quantitative estimate of drug-likeness (QED) is 0.361. The van der Waals surface area contributed by atoms with Crippen LogP contribution in [0.5, 0.6) is 11.5 Å². The molecule has 1 fully saturated rings. The van der Waals surface area contributed by atoms with Gasteiger partial charge in [-0.25, -0.2) is 4.79 Å². The molecule has 2 aliphatic rings. The number of carbonyl (C=O) groups is 1. The smallest absolute Gasteiger partial charge is 0.398 e. The molecule has 0 radical (unpaired) electrons. The van der Waals surface area contributed by atoms with Crippen LogP contribution < -0.4 is 9.47 Å². The molecule has 0 aromatic heterocycles. The molecule has 1 aromatic rings. The minimum atomic E-state index is -4.75. The lowest BCUT2D eigenvalue weighted by Gasteiger charge is -2.26. The van der Waals surface area contributed by atoms with Crippen molar-refractivity contribution in [1.82, 2.24) is 0 Å². The van der Waals surface area contributed by atoms with Crippen LogP contribution in [0.1, 0.15) is 43.1 Å². The van der Waals surface area contributed by atoms with E-state index >= 15 is 0 Å². The number of alkyl halides is 3. The van der Waals surface area contributed by atoms with Gasteiger partial charge in [-0.05, 0) is 38.8 Å². The van der Waals surface area contributed by atoms with E-state index in [0.29, 0.717) is 11.3 Å². The van der Waals surface area contributed by atoms with E-state index in [4.69, 9.17) is 28.4 Å². The number of hydrogen-bond donors (Lipinski definition) is 1. The fourth-order valence-electron chi connectivity index (χ4n) is 4.15. The number of hydrogen-bond acceptors (Lipinski definition) is 8. The molecule has 0 spiro atoms. The fourth-order valence-corrected chi connectivity index (χ4v) is 4.15. The summed E-state index contributed by atoms with van der Waals surface area (Å²) in [5.41, 5.74) is 0.211. The second kappa shape index (κ2) is 11.2. The second-order valence-corrected chi connectivity index (χ2v) is 8.97. The molecule has 1 saturated heterocycles. The Labute approximate surface area is 207 Å². The largest absolute Gasteiger partial charge is 0.497 e. The molecule has 36 heavy (non-hydrogen) atoms. The molecule has 3 rings (SSSR count). The highest BCUT2D eigenvalue weighted by atomic mass is 19.4. The predicted octanol–water partition coefficient (Wildman–Crippen LogP) is 4.26. The van der Waals surface area contributed by atoms with Crippen LogP contribution >= 0.6 is 0 Å². The standard InChI is InChI=1S/C25H31F3O8/c1-14-17(25(26,27)28)9-10-18(29)22-19(35-24(2,3)36-22)8-6-7-15-11-16(32-5)12-20(33-13-31-4)21(15)23(30)34-14/h6-7,9-12,14,17-19,22,29H,8,13H2,1-5H3. The summed E-state index contributed by atoms with van der Waals surface area (Å²) in [6.07, 6.45) is -4.02. The normalized spacial score (nSPS) is 28.6. The summed E-state index contributed by atoms with van der Waals surface area (Å²) < 4.78 is 74.4. The maximum atomic E-state index is 13.9. The number of carbonyl (C=O) groups excluding carboxylic acids is 1. The summed E-state index contributed by atoms with van der Waals surface area (Å²) >= 11 is 0. The third kappa shape index (κ3) is 6.58. The molecule has 2 aliphatic heterocycles. The maximum Gasteiger partial charge on any atom is 0.398 e. The van der Waals surface area contributed by atoms with Gasteiger partial charge in [0.15, 0.2) is 12.6 Å². The second-order valence-electron chi connectivity index (χ2n) is 8.97. The molecule has 5 atom stereocenters. The zero-order valence-corrected chi connectivity index (χ0v) is 20.7. The summed E-state index contributed by atoms with van der Waals surface area (Å²) in [5.74, 6) is -3.89. The number of cyclic esters (lactones) is 1. The number of aliphatic hydroxyl groups excluding tert-OH is 1. The van der Waals surface area contributed by atoms with Crippen LogP contribution in [-0.4, -0.2) is 68.5 Å². The Balaban J connectivity index is 2.13. The minimum absolute atomic E-state index is 0.0223. The van der Waals surface area contributed by atoms with Gasteiger partial charge in [0.05, 0.1) is 13.2 Å². The van der Waals surface area contributed by atoms with Gasteiger partial charge < -0.3 is 33.5 Å². The monoisotopic (exact) mass is 516 g/mol. The summed E-state index contributed by atoms with van der Waals surface area (Å²) in [6.45, 7) is 4.22. The molecule has 0 aliphatic carbocycles. The van der Waals surface area contributed by atoms with Gasteiger partial charge in [0.2, 0.25) is 0 Å². The van der Waals surface area contributed by atoms with Crippen LogP contribution in [-0.2, 0) is 18.9 Å². The van der Waals surface area contributed by atoms with Crippen molar-refractivity contribution in [2.24, 2.45) is 5.92 Å². The Kier molecular flexibility index (Phi) is 8.71. The van der Waals surface area contributed by atoms with Crippen LogP contribution in [0.3, 0.4) is 0 Å². The number of methoxy groups -OCH3 is 2. The SMILES string of the molecule is COCOc1cc(OC)cc2c1C(=O)OC(C)C(C(F)(F)F)C=CC(O)C1OC(C)(C)OC1CC=C2. The van der Waals surface area contributed by atoms with Crippen molar-refractivity contribution in [2.45, 2.75) is 63.6 Å². The van der Waals surface area contributed by atoms with E-state index in [-0.39, 0.29) is 24.5 Å². The Morgan fingerprint density at radius 3 is 2.53 bits per heavy atom. The number of rotatable bonds is 4. The molecule has 0 saturated carbocycles. The van der Waals surface area contributed by atoms with E-state index in [1.54, 1.807) is 26.0 Å². The number of aliphatic hydroxyl groups is 1. The van der Waals surface area contributed by atoms with Crippen molar-refractivity contribution in [3.8, 4) is 11.5 Å². The molecule has 0 bridgehead atoms. The van der Waals surface area contributed by atoms with Crippen molar-refractivity contribution in [3.05, 3.63) is 41.5 Å². The number of esters is 1. The van der Waals surface area contributed by atoms with Gasteiger partial charge in [-0.2, -0.15) is 13.2 Å². The molecule has 1 aromatic carbocycles. The van der Waals surface area contributed by atoms with Gasteiger partial charge in [0.25, 0.3) is 0 Å². The van der Waals surface area contributed by atoms with Crippen molar-refractivity contribution in [3.63, 3.8) is 0 Å². The average Bonchev–Trinajstić information content (AvgIpc) is 3.10. The van der Waals surface area contributed by atoms with Crippen LogP contribution in [0.25, 0.3) is 6.08 Å². The Morgan fingerprint density at radius 2 is 1.89 bits per heavy atom. The number of ether oxygens (including phenoxy) is 6.